The number of hydrogen-bond donors (Lipinski definition) is 2. The largest absolute Gasteiger partial charge is 0.333 e. The summed E-state index contributed by atoms with van der Waals surface area (Å²) in [6.45, 7) is 2.31. The quantitative estimate of drug-likeness (QED) is 0.163. The van der Waals surface area contributed by atoms with E-state index in [0.717, 1.165) is 23.5 Å². The van der Waals surface area contributed by atoms with Gasteiger partial charge in [0.2, 0.25) is 10.0 Å². The van der Waals surface area contributed by atoms with Gasteiger partial charge in [-0.05, 0) is 56.9 Å². The summed E-state index contributed by atoms with van der Waals surface area (Å²) in [6.07, 6.45) is 2.66. The Bertz CT molecular complexity index is 2450. The fourth-order valence-corrected chi connectivity index (χ4v) is 9.22. The molecule has 0 saturated heterocycles. The van der Waals surface area contributed by atoms with E-state index in [0.29, 0.717) is 28.5 Å². The summed E-state index contributed by atoms with van der Waals surface area (Å²) in [7, 11) is -2.92. The Hall–Kier alpha value is -4.26. The van der Waals surface area contributed by atoms with Gasteiger partial charge < -0.3 is 10.2 Å². The number of para-hydroxylation sites is 1. The van der Waals surface area contributed by atoms with Crippen molar-refractivity contribution in [2.45, 2.75) is 16.0 Å². The van der Waals surface area contributed by atoms with E-state index >= 15 is 8.78 Å². The average Bonchev–Trinajstić information content (AvgIpc) is 3.63. The van der Waals surface area contributed by atoms with Gasteiger partial charge in [0.25, 0.3) is 10.0 Å². The first-order chi connectivity index (χ1) is 23.2. The van der Waals surface area contributed by atoms with E-state index in [1.54, 1.807) is 41.0 Å². The molecular weight excluding hydrogens is 718 g/mol. The molecule has 12 nitrogen and oxygen atoms in total. The van der Waals surface area contributed by atoms with Gasteiger partial charge in [-0.1, -0.05) is 29.8 Å². The third kappa shape index (κ3) is 6.56. The number of rotatable bonds is 11. The smallest absolute Gasteiger partial charge is 0.271 e. The zero-order chi connectivity index (χ0) is 35.2. The zero-order valence-electron chi connectivity index (χ0n) is 26.4. The van der Waals surface area contributed by atoms with E-state index in [-0.39, 0.29) is 37.8 Å². The lowest BCUT2D eigenvalue weighted by Gasteiger charge is -2.19. The van der Waals surface area contributed by atoms with Gasteiger partial charge in [0.05, 0.1) is 21.7 Å². The highest BCUT2D eigenvalue weighted by Crippen LogP contribution is 2.35. The van der Waals surface area contributed by atoms with Crippen LogP contribution in [-0.4, -0.2) is 79.8 Å². The SMILES string of the molecule is Cc1c(Cl)csc1S(=O)(=O)Nc1ccc(F)c(Nc2ncnc3ccc(-n4cc(S(=O)(=O)N(C)CCN(C)C)c5ccccc54)nc23)c1F. The van der Waals surface area contributed by atoms with Crippen LogP contribution in [0.5, 0.6) is 0 Å². The molecule has 0 aliphatic rings. The molecule has 0 aliphatic carbocycles. The average molecular weight is 747 g/mol. The van der Waals surface area contributed by atoms with E-state index in [1.165, 1.54) is 36.2 Å². The molecule has 0 aliphatic heterocycles. The molecule has 4 aromatic heterocycles. The Labute approximate surface area is 290 Å². The second kappa shape index (κ2) is 13.2. The third-order valence-electron chi connectivity index (χ3n) is 7.70. The maximum absolute atomic E-state index is 15.8. The fraction of sp³-hybridized carbons (Fsp3) is 0.194. The molecule has 6 rings (SSSR count). The van der Waals surface area contributed by atoms with Crippen LogP contribution in [0.3, 0.4) is 0 Å². The number of aromatic nitrogens is 4. The lowest BCUT2D eigenvalue weighted by molar-refractivity contribution is 0.358. The van der Waals surface area contributed by atoms with Crippen molar-refractivity contribution >= 4 is 82.1 Å². The fourth-order valence-electron chi connectivity index (χ4n) is 5.03. The van der Waals surface area contributed by atoms with Crippen LogP contribution in [0.1, 0.15) is 5.56 Å². The van der Waals surface area contributed by atoms with Crippen molar-refractivity contribution < 1.29 is 25.6 Å². The third-order valence-corrected chi connectivity index (χ3v) is 13.2. The van der Waals surface area contributed by atoms with Gasteiger partial charge in [0.1, 0.15) is 38.3 Å². The predicted molar refractivity (Wildman–Crippen MR) is 187 cm³/mol. The monoisotopic (exact) mass is 746 g/mol. The van der Waals surface area contributed by atoms with E-state index in [4.69, 9.17) is 11.6 Å². The van der Waals surface area contributed by atoms with Gasteiger partial charge >= 0.3 is 0 Å². The minimum Gasteiger partial charge on any atom is -0.333 e. The van der Waals surface area contributed by atoms with Gasteiger partial charge in [-0.2, -0.15) is 4.31 Å². The predicted octanol–water partition coefficient (Wildman–Crippen LogP) is 6.00. The first-order valence-corrected chi connectivity index (χ1v) is 18.7. The molecule has 0 atom stereocenters. The van der Waals surface area contributed by atoms with Crippen LogP contribution in [-0.2, 0) is 20.0 Å². The number of fused-ring (bicyclic) bond motifs is 2. The van der Waals surface area contributed by atoms with Gasteiger partial charge in [-0.3, -0.25) is 9.29 Å². The van der Waals surface area contributed by atoms with Crippen LogP contribution in [0, 0.1) is 18.6 Å². The van der Waals surface area contributed by atoms with Crippen molar-refractivity contribution in [3.8, 4) is 5.82 Å². The molecule has 2 aromatic carbocycles. The van der Waals surface area contributed by atoms with Crippen LogP contribution in [0.2, 0.25) is 5.02 Å². The van der Waals surface area contributed by atoms with Crippen molar-refractivity contribution in [2.75, 3.05) is 44.3 Å². The van der Waals surface area contributed by atoms with E-state index in [2.05, 4.69) is 25.0 Å². The normalized spacial score (nSPS) is 12.4. The standard InChI is InChI=1S/C31H29ClF2N8O4S3/c1-18-20(32)16-47-31(18)48(43,44)39-22-10-9-21(33)28(27(22)34)38-30-29-23(35-17-36-30)11-12-26(37-29)42-15-25(19-7-5-6-8-24(19)42)49(45,46)41(4)14-13-40(2)3/h5-12,15-17,39H,13-14H2,1-4H3,(H,35,36,38). The van der Waals surface area contributed by atoms with Gasteiger partial charge in [0.15, 0.2) is 11.6 Å². The number of nitrogens with one attached hydrogen (secondary N) is 2. The number of hydrogen-bond acceptors (Lipinski definition) is 10. The topological polar surface area (TPSA) is 142 Å². The first-order valence-electron chi connectivity index (χ1n) is 14.5. The Kier molecular flexibility index (Phi) is 9.33. The molecule has 0 spiro atoms. The van der Waals surface area contributed by atoms with Crippen LogP contribution < -0.4 is 10.0 Å². The molecule has 0 unspecified atom stereocenters. The second-order valence-electron chi connectivity index (χ2n) is 11.3. The second-order valence-corrected chi connectivity index (χ2v) is 16.5. The van der Waals surface area contributed by atoms with E-state index in [1.807, 2.05) is 19.0 Å². The Balaban J connectivity index is 1.40. The van der Waals surface area contributed by atoms with Crippen molar-refractivity contribution in [3.05, 3.63) is 88.7 Å². The van der Waals surface area contributed by atoms with E-state index < -0.39 is 43.1 Å². The maximum Gasteiger partial charge on any atom is 0.271 e. The lowest BCUT2D eigenvalue weighted by Crippen LogP contribution is -2.33. The molecule has 49 heavy (non-hydrogen) atoms. The summed E-state index contributed by atoms with van der Waals surface area (Å²) in [6, 6.07) is 12.1. The van der Waals surface area contributed by atoms with Crippen molar-refractivity contribution in [1.82, 2.24) is 28.7 Å². The summed E-state index contributed by atoms with van der Waals surface area (Å²) in [5.74, 6) is -2.05. The Morgan fingerprint density at radius 2 is 1.73 bits per heavy atom. The van der Waals surface area contributed by atoms with Crippen molar-refractivity contribution in [2.24, 2.45) is 0 Å². The molecule has 18 heteroatoms. The van der Waals surface area contributed by atoms with E-state index in [9.17, 15) is 16.8 Å². The summed E-state index contributed by atoms with van der Waals surface area (Å²) < 4.78 is 89.3. The number of pyridine rings is 1. The van der Waals surface area contributed by atoms with Crippen LogP contribution in [0.15, 0.2) is 75.5 Å². The summed E-state index contributed by atoms with van der Waals surface area (Å²) >= 11 is 6.89. The van der Waals surface area contributed by atoms with Crippen LogP contribution in [0.25, 0.3) is 27.8 Å². The minimum atomic E-state index is -4.25. The number of halogens is 3. The van der Waals surface area contributed by atoms with Crippen LogP contribution in [0.4, 0.5) is 26.0 Å². The maximum atomic E-state index is 15.8. The molecule has 0 bridgehead atoms. The number of thiophene rings is 1. The summed E-state index contributed by atoms with van der Waals surface area (Å²) in [5, 5.41) is 4.78. The molecule has 256 valence electrons. The van der Waals surface area contributed by atoms with Gasteiger partial charge in [-0.15, -0.1) is 11.3 Å². The molecule has 4 heterocycles. The summed E-state index contributed by atoms with van der Waals surface area (Å²) in [5.41, 5.74) is 0.0815. The summed E-state index contributed by atoms with van der Waals surface area (Å²) in [4.78, 5) is 15.0. The highest BCUT2D eigenvalue weighted by molar-refractivity contribution is 7.94. The van der Waals surface area contributed by atoms with Gasteiger partial charge in [0, 0.05) is 37.1 Å². The highest BCUT2D eigenvalue weighted by atomic mass is 35.5. The first kappa shape index (κ1) is 34.6. The number of nitrogens with zero attached hydrogens (tertiary/aromatic N) is 6. The molecule has 0 radical (unpaired) electrons. The molecular formula is C31H29ClF2N8O4S3. The molecule has 0 amide bonds. The highest BCUT2D eigenvalue weighted by Gasteiger charge is 2.27. The minimum absolute atomic E-state index is 0.0809. The molecule has 6 aromatic rings. The van der Waals surface area contributed by atoms with Crippen LogP contribution >= 0.6 is 22.9 Å². The number of anilines is 3. The van der Waals surface area contributed by atoms with Crippen molar-refractivity contribution in [3.63, 3.8) is 0 Å². The molecule has 2 N–H and O–H groups in total. The molecule has 0 fully saturated rings. The lowest BCUT2D eigenvalue weighted by atomic mass is 10.2. The molecule has 0 saturated carbocycles. The number of benzene rings is 2. The number of likely N-dealkylation sites (N-methyl/N-ethyl adjacent to an activating group) is 2. The van der Waals surface area contributed by atoms with Crippen molar-refractivity contribution in [1.29, 1.82) is 0 Å². The Morgan fingerprint density at radius 1 is 0.980 bits per heavy atom. The number of sulfonamides is 2. The Morgan fingerprint density at radius 3 is 2.45 bits per heavy atom. The zero-order valence-corrected chi connectivity index (χ0v) is 29.6. The van der Waals surface area contributed by atoms with Gasteiger partial charge in [-0.25, -0.2) is 40.6 Å².